The predicted molar refractivity (Wildman–Crippen MR) is 73.8 cm³/mol. The number of hydrogen-bond donors (Lipinski definition) is 1. The summed E-state index contributed by atoms with van der Waals surface area (Å²) in [6.45, 7) is 1.53. The summed E-state index contributed by atoms with van der Waals surface area (Å²) in [5, 5.41) is 3.35. The fourth-order valence-electron chi connectivity index (χ4n) is 1.97. The molecular weight excluding hydrogens is 238 g/mol. The van der Waals surface area contributed by atoms with Crippen molar-refractivity contribution < 1.29 is 4.42 Å². The van der Waals surface area contributed by atoms with Gasteiger partial charge in [0.15, 0.2) is 0 Å². The number of nitrogens with zero attached hydrogens (tertiary/aromatic N) is 2. The third-order valence-electron chi connectivity index (χ3n) is 2.90. The lowest BCUT2D eigenvalue weighted by molar-refractivity contribution is 0.518. The molecule has 4 heteroatoms. The topological polar surface area (TPSA) is 43.0 Å². The van der Waals surface area contributed by atoms with E-state index in [9.17, 15) is 0 Å². The van der Waals surface area contributed by atoms with E-state index in [4.69, 9.17) is 4.42 Å². The van der Waals surface area contributed by atoms with Crippen LogP contribution >= 0.6 is 0 Å². The van der Waals surface area contributed by atoms with Crippen molar-refractivity contribution in [3.63, 3.8) is 0 Å². The van der Waals surface area contributed by atoms with Crippen molar-refractivity contribution in [2.75, 3.05) is 5.32 Å². The maximum Gasteiger partial charge on any atom is 0.122 e. The van der Waals surface area contributed by atoms with Gasteiger partial charge in [-0.15, -0.1) is 0 Å². The number of imidazole rings is 1. The van der Waals surface area contributed by atoms with Crippen LogP contribution in [0.3, 0.4) is 0 Å². The summed E-state index contributed by atoms with van der Waals surface area (Å²) in [6.07, 6.45) is 7.26. The Labute approximate surface area is 111 Å². The highest BCUT2D eigenvalue weighted by molar-refractivity contribution is 5.45. The van der Waals surface area contributed by atoms with E-state index >= 15 is 0 Å². The maximum atomic E-state index is 5.30. The van der Waals surface area contributed by atoms with Crippen LogP contribution in [0.4, 0.5) is 5.69 Å². The van der Waals surface area contributed by atoms with Crippen LogP contribution in [0.15, 0.2) is 65.8 Å². The normalized spacial score (nSPS) is 10.5. The molecule has 0 atom stereocenters. The molecule has 0 radical (unpaired) electrons. The van der Waals surface area contributed by atoms with Gasteiger partial charge in [-0.3, -0.25) is 0 Å². The molecule has 2 aromatic heterocycles. The van der Waals surface area contributed by atoms with E-state index in [1.165, 1.54) is 5.56 Å². The molecule has 0 spiro atoms. The standard InChI is InChI=1S/C15H15N3O/c1-3-13(11-18-7-6-16-12-18)9-14(4-1)17-10-15-5-2-8-19-15/h1-9,12,17H,10-11H2. The summed E-state index contributed by atoms with van der Waals surface area (Å²) in [5.41, 5.74) is 2.33. The van der Waals surface area contributed by atoms with Crippen LogP contribution in [0.25, 0.3) is 0 Å². The Morgan fingerprint density at radius 1 is 1.21 bits per heavy atom. The molecular formula is C15H15N3O. The molecule has 0 amide bonds. The summed E-state index contributed by atoms with van der Waals surface area (Å²) in [4.78, 5) is 4.05. The van der Waals surface area contributed by atoms with E-state index < -0.39 is 0 Å². The molecule has 0 aliphatic rings. The molecule has 3 aromatic rings. The summed E-state index contributed by atoms with van der Waals surface area (Å²) in [6, 6.07) is 12.2. The molecule has 1 N–H and O–H groups in total. The largest absolute Gasteiger partial charge is 0.467 e. The van der Waals surface area contributed by atoms with Gasteiger partial charge in [-0.25, -0.2) is 4.98 Å². The molecule has 4 nitrogen and oxygen atoms in total. The summed E-state index contributed by atoms with van der Waals surface area (Å²) >= 11 is 0. The maximum absolute atomic E-state index is 5.30. The molecule has 2 heterocycles. The Morgan fingerprint density at radius 2 is 2.21 bits per heavy atom. The predicted octanol–water partition coefficient (Wildman–Crippen LogP) is 3.14. The van der Waals surface area contributed by atoms with E-state index in [1.54, 1.807) is 12.5 Å². The van der Waals surface area contributed by atoms with Crippen molar-refractivity contribution >= 4 is 5.69 Å². The number of anilines is 1. The number of benzene rings is 1. The van der Waals surface area contributed by atoms with Gasteiger partial charge in [-0.1, -0.05) is 12.1 Å². The van der Waals surface area contributed by atoms with Gasteiger partial charge in [0.2, 0.25) is 0 Å². The molecule has 0 bridgehead atoms. The van der Waals surface area contributed by atoms with Gasteiger partial charge < -0.3 is 14.3 Å². The fourth-order valence-corrected chi connectivity index (χ4v) is 1.97. The van der Waals surface area contributed by atoms with Crippen LogP contribution in [0.5, 0.6) is 0 Å². The minimum atomic E-state index is 0.696. The number of rotatable bonds is 5. The first-order valence-electron chi connectivity index (χ1n) is 6.21. The minimum Gasteiger partial charge on any atom is -0.467 e. The SMILES string of the molecule is c1cc(Cn2ccnc2)cc(NCc2ccco2)c1. The second kappa shape index (κ2) is 5.44. The van der Waals surface area contributed by atoms with Crippen molar-refractivity contribution in [2.45, 2.75) is 13.1 Å². The Kier molecular flexibility index (Phi) is 3.32. The van der Waals surface area contributed by atoms with E-state index in [0.29, 0.717) is 6.54 Å². The lowest BCUT2D eigenvalue weighted by Gasteiger charge is -2.07. The first-order valence-corrected chi connectivity index (χ1v) is 6.21. The van der Waals surface area contributed by atoms with Crippen molar-refractivity contribution in [3.05, 3.63) is 72.7 Å². The van der Waals surface area contributed by atoms with Gasteiger partial charge in [0.25, 0.3) is 0 Å². The van der Waals surface area contributed by atoms with Crippen molar-refractivity contribution in [3.8, 4) is 0 Å². The molecule has 19 heavy (non-hydrogen) atoms. The van der Waals surface area contributed by atoms with Crippen LogP contribution in [-0.2, 0) is 13.1 Å². The zero-order chi connectivity index (χ0) is 12.9. The third kappa shape index (κ3) is 3.04. The Balaban J connectivity index is 1.66. The molecule has 0 saturated carbocycles. The third-order valence-corrected chi connectivity index (χ3v) is 2.90. The summed E-state index contributed by atoms with van der Waals surface area (Å²) in [5.74, 6) is 0.931. The highest BCUT2D eigenvalue weighted by atomic mass is 16.3. The quantitative estimate of drug-likeness (QED) is 0.759. The Hall–Kier alpha value is -2.49. The van der Waals surface area contributed by atoms with Crippen molar-refractivity contribution in [1.29, 1.82) is 0 Å². The lowest BCUT2D eigenvalue weighted by Crippen LogP contribution is -2.00. The van der Waals surface area contributed by atoms with Crippen LogP contribution in [0.2, 0.25) is 0 Å². The number of aromatic nitrogens is 2. The highest BCUT2D eigenvalue weighted by Crippen LogP contribution is 2.13. The van der Waals surface area contributed by atoms with Crippen LogP contribution in [0.1, 0.15) is 11.3 Å². The monoisotopic (exact) mass is 253 g/mol. The summed E-state index contributed by atoms with van der Waals surface area (Å²) < 4.78 is 7.34. The molecule has 96 valence electrons. The van der Waals surface area contributed by atoms with Crippen LogP contribution < -0.4 is 5.32 Å². The zero-order valence-corrected chi connectivity index (χ0v) is 10.5. The van der Waals surface area contributed by atoms with E-state index in [-0.39, 0.29) is 0 Å². The zero-order valence-electron chi connectivity index (χ0n) is 10.5. The van der Waals surface area contributed by atoms with E-state index in [2.05, 4.69) is 34.6 Å². The van der Waals surface area contributed by atoms with Gasteiger partial charge >= 0.3 is 0 Å². The first-order chi connectivity index (χ1) is 9.40. The fraction of sp³-hybridized carbons (Fsp3) is 0.133. The first kappa shape index (κ1) is 11.6. The molecule has 0 fully saturated rings. The highest BCUT2D eigenvalue weighted by Gasteiger charge is 1.99. The van der Waals surface area contributed by atoms with E-state index in [1.807, 2.05) is 29.2 Å². The minimum absolute atomic E-state index is 0.696. The average molecular weight is 253 g/mol. The van der Waals surface area contributed by atoms with Crippen molar-refractivity contribution in [1.82, 2.24) is 9.55 Å². The van der Waals surface area contributed by atoms with Crippen LogP contribution in [-0.4, -0.2) is 9.55 Å². The Morgan fingerprint density at radius 3 is 3.00 bits per heavy atom. The number of hydrogen-bond acceptors (Lipinski definition) is 3. The molecule has 3 rings (SSSR count). The second-order valence-corrected chi connectivity index (χ2v) is 4.37. The van der Waals surface area contributed by atoms with E-state index in [0.717, 1.165) is 18.0 Å². The van der Waals surface area contributed by atoms with Gasteiger partial charge in [-0.2, -0.15) is 0 Å². The van der Waals surface area contributed by atoms with Gasteiger partial charge in [0.1, 0.15) is 5.76 Å². The number of furan rings is 1. The Bertz CT molecular complexity index is 615. The molecule has 0 saturated heterocycles. The summed E-state index contributed by atoms with van der Waals surface area (Å²) in [7, 11) is 0. The van der Waals surface area contributed by atoms with Gasteiger partial charge in [0.05, 0.1) is 19.1 Å². The number of nitrogens with one attached hydrogen (secondary N) is 1. The molecule has 0 unspecified atom stereocenters. The molecule has 1 aromatic carbocycles. The van der Waals surface area contributed by atoms with Gasteiger partial charge in [0, 0.05) is 24.6 Å². The lowest BCUT2D eigenvalue weighted by atomic mass is 10.2. The average Bonchev–Trinajstić information content (AvgIpc) is 3.10. The molecule has 0 aliphatic carbocycles. The van der Waals surface area contributed by atoms with Gasteiger partial charge in [-0.05, 0) is 29.8 Å². The smallest absolute Gasteiger partial charge is 0.122 e. The molecule has 0 aliphatic heterocycles. The second-order valence-electron chi connectivity index (χ2n) is 4.37. The van der Waals surface area contributed by atoms with Crippen LogP contribution in [0, 0.1) is 0 Å². The van der Waals surface area contributed by atoms with Crippen molar-refractivity contribution in [2.24, 2.45) is 0 Å².